The van der Waals surface area contributed by atoms with Gasteiger partial charge < -0.3 is 15.6 Å². The summed E-state index contributed by atoms with van der Waals surface area (Å²) in [6.45, 7) is 4.02. The highest BCUT2D eigenvalue weighted by molar-refractivity contribution is 7.93. The maximum Gasteiger partial charge on any atom is 0.276 e. The van der Waals surface area contributed by atoms with Crippen LogP contribution in [0.3, 0.4) is 0 Å². The van der Waals surface area contributed by atoms with Gasteiger partial charge in [-0.2, -0.15) is 0 Å². The second-order valence-corrected chi connectivity index (χ2v) is 6.74. The Labute approximate surface area is 115 Å². The van der Waals surface area contributed by atoms with E-state index in [9.17, 15) is 9.35 Å². The molecule has 1 rings (SSSR count). The molecule has 0 radical (unpaired) electrons. The Kier molecular flexibility index (Phi) is 5.47. The zero-order chi connectivity index (χ0) is 13.8. The Hall–Kier alpha value is -0.750. The van der Waals surface area contributed by atoms with Crippen molar-refractivity contribution in [3.8, 4) is 0 Å². The van der Waals surface area contributed by atoms with Crippen LogP contribution in [-0.4, -0.2) is 28.3 Å². The predicted molar refractivity (Wildman–Crippen MR) is 74.0 cm³/mol. The quantitative estimate of drug-likeness (QED) is 0.802. The third kappa shape index (κ3) is 3.62. The number of benzene rings is 1. The number of hydrogen-bond acceptors (Lipinski definition) is 3. The zero-order valence-corrected chi connectivity index (χ0v) is 12.0. The molecule has 1 atom stereocenters. The summed E-state index contributed by atoms with van der Waals surface area (Å²) < 4.78 is 11.3. The van der Waals surface area contributed by atoms with Crippen LogP contribution in [0.15, 0.2) is 29.2 Å². The number of hydrogen-bond donors (Lipinski definition) is 2. The van der Waals surface area contributed by atoms with Crippen molar-refractivity contribution in [3.05, 3.63) is 29.3 Å². The summed E-state index contributed by atoms with van der Waals surface area (Å²) in [5.41, 5.74) is 5.32. The molecule has 1 amide bonds. The Bertz CT molecular complexity index is 409. The summed E-state index contributed by atoms with van der Waals surface area (Å²) in [6.07, 6.45) is 0. The van der Waals surface area contributed by atoms with Crippen LogP contribution >= 0.6 is 11.6 Å². The lowest BCUT2D eigenvalue weighted by Gasteiger charge is -2.26. The third-order valence-electron chi connectivity index (χ3n) is 2.47. The minimum absolute atomic E-state index is 0.277. The fourth-order valence-electron chi connectivity index (χ4n) is 1.34. The van der Waals surface area contributed by atoms with Gasteiger partial charge in [-0.3, -0.25) is 4.79 Å². The van der Waals surface area contributed by atoms with E-state index < -0.39 is 15.9 Å². The Morgan fingerprint density at radius 1 is 1.44 bits per heavy atom. The lowest BCUT2D eigenvalue weighted by Crippen LogP contribution is -2.49. The summed E-state index contributed by atoms with van der Waals surface area (Å²) in [4.78, 5) is 12.5. The van der Waals surface area contributed by atoms with Crippen LogP contribution in [0.1, 0.15) is 13.8 Å². The van der Waals surface area contributed by atoms with Crippen LogP contribution in [-0.2, 0) is 16.0 Å². The van der Waals surface area contributed by atoms with Gasteiger partial charge in [0.15, 0.2) is 4.90 Å². The maximum atomic E-state index is 12.4. The van der Waals surface area contributed by atoms with E-state index in [0.29, 0.717) is 23.0 Å². The van der Waals surface area contributed by atoms with Crippen molar-refractivity contribution in [2.45, 2.75) is 23.5 Å². The van der Waals surface area contributed by atoms with Gasteiger partial charge >= 0.3 is 0 Å². The second-order valence-electron chi connectivity index (χ2n) is 4.28. The first-order chi connectivity index (χ1) is 8.39. The number of carbonyl (C=O) groups is 1. The molecule has 1 aromatic carbocycles. The van der Waals surface area contributed by atoms with E-state index in [0.717, 1.165) is 0 Å². The van der Waals surface area contributed by atoms with Gasteiger partial charge in [-0.1, -0.05) is 11.6 Å². The molecule has 0 heterocycles. The molecule has 0 saturated carbocycles. The van der Waals surface area contributed by atoms with Gasteiger partial charge in [0.05, 0.1) is 0 Å². The predicted octanol–water partition coefficient (Wildman–Crippen LogP) is 1.30. The van der Waals surface area contributed by atoms with Crippen molar-refractivity contribution in [1.29, 1.82) is 0 Å². The minimum Gasteiger partial charge on any atom is -0.611 e. The molecule has 0 aromatic heterocycles. The van der Waals surface area contributed by atoms with Crippen molar-refractivity contribution < 1.29 is 9.35 Å². The van der Waals surface area contributed by atoms with E-state index in [2.05, 4.69) is 5.32 Å². The highest BCUT2D eigenvalue weighted by atomic mass is 35.5. The Balaban J connectivity index is 2.83. The number of amides is 1. The first-order valence-corrected chi connectivity index (χ1v) is 7.08. The standard InChI is InChI=1S/C12H17ClN2O2S/c1-12(2,11(16)15-8-7-14)18(17)10-5-3-9(13)4-6-10/h3-6H,7-8,14H2,1-2H3,(H,15,16). The summed E-state index contributed by atoms with van der Waals surface area (Å²) in [5.74, 6) is -0.277. The highest BCUT2D eigenvalue weighted by Crippen LogP contribution is 2.26. The maximum absolute atomic E-state index is 12.4. The highest BCUT2D eigenvalue weighted by Gasteiger charge is 2.41. The normalized spacial score (nSPS) is 13.2. The molecule has 4 nitrogen and oxygen atoms in total. The summed E-state index contributed by atoms with van der Waals surface area (Å²) in [6, 6.07) is 6.64. The molecule has 0 bridgehead atoms. The number of nitrogens with one attached hydrogen (secondary N) is 1. The van der Waals surface area contributed by atoms with E-state index in [4.69, 9.17) is 17.3 Å². The van der Waals surface area contributed by atoms with E-state index in [1.54, 1.807) is 38.1 Å². The molecule has 3 N–H and O–H groups in total. The third-order valence-corrected chi connectivity index (χ3v) is 4.53. The van der Waals surface area contributed by atoms with Crippen LogP contribution in [0, 0.1) is 0 Å². The van der Waals surface area contributed by atoms with Gasteiger partial charge in [0.1, 0.15) is 0 Å². The smallest absolute Gasteiger partial charge is 0.276 e. The van der Waals surface area contributed by atoms with E-state index >= 15 is 0 Å². The van der Waals surface area contributed by atoms with Gasteiger partial charge in [-0.15, -0.1) is 0 Å². The summed E-state index contributed by atoms with van der Waals surface area (Å²) >= 11 is 4.32. The van der Waals surface area contributed by atoms with Crippen molar-refractivity contribution in [2.75, 3.05) is 13.1 Å². The summed E-state index contributed by atoms with van der Waals surface area (Å²) in [7, 11) is 0. The molecular formula is C12H17ClN2O2S. The van der Waals surface area contributed by atoms with Gasteiger partial charge in [0.25, 0.3) is 5.91 Å². The number of nitrogens with two attached hydrogens (primary N) is 1. The molecule has 100 valence electrons. The molecule has 1 unspecified atom stereocenters. The SMILES string of the molecule is CC(C)(C(=O)NCCN)[S+]([O-])c1ccc(Cl)cc1. The number of halogens is 1. The molecule has 1 aromatic rings. The van der Waals surface area contributed by atoms with Crippen LogP contribution in [0.5, 0.6) is 0 Å². The molecule has 6 heteroatoms. The van der Waals surface area contributed by atoms with E-state index in [1.807, 2.05) is 0 Å². The molecule has 0 aliphatic carbocycles. The van der Waals surface area contributed by atoms with Gasteiger partial charge in [0, 0.05) is 29.3 Å². The average Bonchev–Trinajstić information content (AvgIpc) is 2.35. The Morgan fingerprint density at radius 2 is 2.00 bits per heavy atom. The number of carbonyl (C=O) groups excluding carboxylic acids is 1. The monoisotopic (exact) mass is 288 g/mol. The van der Waals surface area contributed by atoms with Gasteiger partial charge in [-0.05, 0) is 38.1 Å². The van der Waals surface area contributed by atoms with Crippen LogP contribution in [0.2, 0.25) is 5.02 Å². The summed E-state index contributed by atoms with van der Waals surface area (Å²) in [5, 5.41) is 3.22. The van der Waals surface area contributed by atoms with E-state index in [-0.39, 0.29) is 5.91 Å². The van der Waals surface area contributed by atoms with Crippen LogP contribution < -0.4 is 11.1 Å². The minimum atomic E-state index is -1.45. The Morgan fingerprint density at radius 3 is 2.50 bits per heavy atom. The lowest BCUT2D eigenvalue weighted by atomic mass is 10.2. The fraction of sp³-hybridized carbons (Fsp3) is 0.417. The topological polar surface area (TPSA) is 78.2 Å². The molecule has 0 saturated heterocycles. The van der Waals surface area contributed by atoms with Gasteiger partial charge in [-0.25, -0.2) is 0 Å². The molecule has 0 spiro atoms. The number of rotatable bonds is 5. The first-order valence-electron chi connectivity index (χ1n) is 5.55. The van der Waals surface area contributed by atoms with Crippen LogP contribution in [0.25, 0.3) is 0 Å². The van der Waals surface area contributed by atoms with Crippen molar-refractivity contribution in [1.82, 2.24) is 5.32 Å². The zero-order valence-electron chi connectivity index (χ0n) is 10.4. The molecule has 0 aliphatic rings. The largest absolute Gasteiger partial charge is 0.611 e. The first kappa shape index (κ1) is 15.3. The van der Waals surface area contributed by atoms with Crippen molar-refractivity contribution >= 4 is 28.7 Å². The average molecular weight is 289 g/mol. The lowest BCUT2D eigenvalue weighted by molar-refractivity contribution is -0.122. The van der Waals surface area contributed by atoms with Crippen molar-refractivity contribution in [2.24, 2.45) is 5.73 Å². The fourth-order valence-corrected chi connectivity index (χ4v) is 2.67. The van der Waals surface area contributed by atoms with Crippen molar-refractivity contribution in [3.63, 3.8) is 0 Å². The molecular weight excluding hydrogens is 272 g/mol. The van der Waals surface area contributed by atoms with Gasteiger partial charge in [0.2, 0.25) is 4.75 Å². The second kappa shape index (κ2) is 6.43. The molecule has 0 fully saturated rings. The van der Waals surface area contributed by atoms with Crippen LogP contribution in [0.4, 0.5) is 0 Å². The molecule has 18 heavy (non-hydrogen) atoms. The van der Waals surface area contributed by atoms with E-state index in [1.165, 1.54) is 0 Å². The molecule has 0 aliphatic heterocycles.